The van der Waals surface area contributed by atoms with Crippen LogP contribution in [-0.4, -0.2) is 10.9 Å². The maximum absolute atomic E-state index is 13.2. The van der Waals surface area contributed by atoms with Crippen molar-refractivity contribution in [3.63, 3.8) is 0 Å². The second-order valence-corrected chi connectivity index (χ2v) is 7.30. The number of aromatic nitrogens is 1. The number of hydrogen-bond acceptors (Lipinski definition) is 3. The molecule has 3 aromatic rings. The van der Waals surface area contributed by atoms with Crippen molar-refractivity contribution in [1.29, 1.82) is 0 Å². The molecular weight excluding hydrogens is 347 g/mol. The molecule has 26 heavy (non-hydrogen) atoms. The van der Waals surface area contributed by atoms with Crippen molar-refractivity contribution in [2.75, 3.05) is 5.32 Å². The van der Waals surface area contributed by atoms with Gasteiger partial charge in [0.15, 0.2) is 5.13 Å². The van der Waals surface area contributed by atoms with Gasteiger partial charge in [-0.2, -0.15) is 0 Å². The van der Waals surface area contributed by atoms with Gasteiger partial charge in [-0.15, -0.1) is 11.3 Å². The third kappa shape index (κ3) is 4.24. The van der Waals surface area contributed by atoms with Gasteiger partial charge in [0, 0.05) is 16.5 Å². The lowest BCUT2D eigenvalue weighted by Gasteiger charge is -2.03. The van der Waals surface area contributed by atoms with Gasteiger partial charge < -0.3 is 0 Å². The fourth-order valence-electron chi connectivity index (χ4n) is 2.54. The molecule has 3 rings (SSSR count). The second-order valence-electron chi connectivity index (χ2n) is 6.10. The van der Waals surface area contributed by atoms with Gasteiger partial charge in [0.25, 0.3) is 0 Å². The molecule has 0 aliphatic heterocycles. The Hall–Kier alpha value is -2.79. The summed E-state index contributed by atoms with van der Waals surface area (Å²) in [4.78, 5) is 17.7. The number of halogens is 1. The Labute approximate surface area is 156 Å². The molecule has 0 saturated heterocycles. The van der Waals surface area contributed by atoms with Crippen LogP contribution in [0.4, 0.5) is 9.52 Å². The topological polar surface area (TPSA) is 42.0 Å². The summed E-state index contributed by atoms with van der Waals surface area (Å²) in [5.41, 5.74) is 4.99. The summed E-state index contributed by atoms with van der Waals surface area (Å²) in [7, 11) is 0. The van der Waals surface area contributed by atoms with Gasteiger partial charge in [-0.25, -0.2) is 9.37 Å². The van der Waals surface area contributed by atoms with E-state index in [0.29, 0.717) is 10.7 Å². The zero-order chi connectivity index (χ0) is 18.7. The van der Waals surface area contributed by atoms with Crippen LogP contribution in [0.3, 0.4) is 0 Å². The number of nitrogens with one attached hydrogen (secondary N) is 1. The molecule has 1 N–H and O–H groups in total. The van der Waals surface area contributed by atoms with Crippen LogP contribution in [0.1, 0.15) is 21.6 Å². The lowest BCUT2D eigenvalue weighted by Crippen LogP contribution is -2.07. The lowest BCUT2D eigenvalue weighted by atomic mass is 10.0. The number of thiazole rings is 1. The highest BCUT2D eigenvalue weighted by Crippen LogP contribution is 2.31. The first-order valence-electron chi connectivity index (χ1n) is 8.22. The van der Waals surface area contributed by atoms with Crippen molar-refractivity contribution >= 4 is 28.5 Å². The van der Waals surface area contributed by atoms with Crippen LogP contribution < -0.4 is 5.32 Å². The van der Waals surface area contributed by atoms with Crippen LogP contribution in [0.15, 0.2) is 48.5 Å². The minimum Gasteiger partial charge on any atom is -0.298 e. The number of rotatable bonds is 4. The molecule has 132 valence electrons. The van der Waals surface area contributed by atoms with Crippen LogP contribution in [0.2, 0.25) is 0 Å². The average Bonchev–Trinajstić information content (AvgIpc) is 2.96. The number of carbonyl (C=O) groups excluding carboxylic acids is 1. The third-order valence-corrected chi connectivity index (χ3v) is 4.97. The Kier molecular flexibility index (Phi) is 5.28. The predicted molar refractivity (Wildman–Crippen MR) is 106 cm³/mol. The number of amides is 1. The zero-order valence-electron chi connectivity index (χ0n) is 14.8. The van der Waals surface area contributed by atoms with Gasteiger partial charge in [-0.3, -0.25) is 10.1 Å². The van der Waals surface area contributed by atoms with E-state index in [2.05, 4.69) is 36.3 Å². The van der Waals surface area contributed by atoms with E-state index in [0.717, 1.165) is 16.1 Å². The zero-order valence-corrected chi connectivity index (χ0v) is 15.7. The molecule has 0 aliphatic rings. The van der Waals surface area contributed by atoms with E-state index in [9.17, 15) is 9.18 Å². The van der Waals surface area contributed by atoms with Crippen molar-refractivity contribution in [1.82, 2.24) is 4.98 Å². The van der Waals surface area contributed by atoms with Crippen LogP contribution >= 0.6 is 11.3 Å². The number of benzene rings is 2. The molecule has 0 atom stereocenters. The molecule has 0 saturated carbocycles. The van der Waals surface area contributed by atoms with Crippen molar-refractivity contribution < 1.29 is 9.18 Å². The monoisotopic (exact) mass is 366 g/mol. The average molecular weight is 366 g/mol. The minimum atomic E-state index is -0.332. The van der Waals surface area contributed by atoms with Crippen molar-refractivity contribution in [3.8, 4) is 11.3 Å². The third-order valence-electron chi connectivity index (χ3n) is 4.08. The van der Waals surface area contributed by atoms with Gasteiger partial charge in [-0.1, -0.05) is 24.3 Å². The van der Waals surface area contributed by atoms with Crippen LogP contribution in [-0.2, 0) is 4.79 Å². The molecule has 0 aliphatic carbocycles. The maximum Gasteiger partial charge on any atom is 0.250 e. The van der Waals surface area contributed by atoms with E-state index in [4.69, 9.17) is 0 Å². The first-order chi connectivity index (χ1) is 12.4. The summed E-state index contributed by atoms with van der Waals surface area (Å²) in [6, 6.07) is 12.3. The Morgan fingerprint density at radius 2 is 1.92 bits per heavy atom. The first kappa shape index (κ1) is 18.0. The van der Waals surface area contributed by atoms with Gasteiger partial charge >= 0.3 is 0 Å². The smallest absolute Gasteiger partial charge is 0.250 e. The maximum atomic E-state index is 13.2. The van der Waals surface area contributed by atoms with E-state index in [1.54, 1.807) is 18.2 Å². The summed E-state index contributed by atoms with van der Waals surface area (Å²) in [5.74, 6) is -0.629. The summed E-state index contributed by atoms with van der Waals surface area (Å²) >= 11 is 1.43. The largest absolute Gasteiger partial charge is 0.298 e. The SMILES string of the molecule is Cc1ccc(-c2nc(NC(=O)/C=C/c3cccc(F)c3)sc2C)cc1C. The molecule has 5 heteroatoms. The Bertz CT molecular complexity index is 991. The highest BCUT2D eigenvalue weighted by atomic mass is 32.1. The van der Waals surface area contributed by atoms with E-state index in [1.807, 2.05) is 13.0 Å². The van der Waals surface area contributed by atoms with E-state index < -0.39 is 0 Å². The van der Waals surface area contributed by atoms with E-state index in [1.165, 1.54) is 40.7 Å². The number of anilines is 1. The molecule has 0 unspecified atom stereocenters. The molecule has 0 fully saturated rings. The Morgan fingerprint density at radius 1 is 1.12 bits per heavy atom. The van der Waals surface area contributed by atoms with Crippen molar-refractivity contribution in [3.05, 3.63) is 75.9 Å². The second kappa shape index (κ2) is 7.62. The predicted octanol–water partition coefficient (Wildman–Crippen LogP) is 5.53. The van der Waals surface area contributed by atoms with Gasteiger partial charge in [0.1, 0.15) is 5.82 Å². The van der Waals surface area contributed by atoms with Crippen LogP contribution in [0, 0.1) is 26.6 Å². The van der Waals surface area contributed by atoms with Crippen molar-refractivity contribution in [2.45, 2.75) is 20.8 Å². The molecule has 3 nitrogen and oxygen atoms in total. The normalized spacial score (nSPS) is 11.1. The fraction of sp³-hybridized carbons (Fsp3) is 0.143. The summed E-state index contributed by atoms with van der Waals surface area (Å²) in [6.45, 7) is 6.13. The summed E-state index contributed by atoms with van der Waals surface area (Å²) in [5, 5.41) is 3.32. The molecule has 1 amide bonds. The molecule has 0 radical (unpaired) electrons. The molecular formula is C21H19FN2OS. The van der Waals surface area contributed by atoms with Crippen LogP contribution in [0.25, 0.3) is 17.3 Å². The number of carbonyl (C=O) groups is 1. The Morgan fingerprint density at radius 3 is 2.65 bits per heavy atom. The summed E-state index contributed by atoms with van der Waals surface area (Å²) in [6.07, 6.45) is 2.95. The van der Waals surface area contributed by atoms with E-state index >= 15 is 0 Å². The molecule has 0 spiro atoms. The highest BCUT2D eigenvalue weighted by molar-refractivity contribution is 7.16. The lowest BCUT2D eigenvalue weighted by molar-refractivity contribution is -0.111. The number of aryl methyl sites for hydroxylation is 3. The highest BCUT2D eigenvalue weighted by Gasteiger charge is 2.11. The number of nitrogens with zero attached hydrogens (tertiary/aromatic N) is 1. The fourth-order valence-corrected chi connectivity index (χ4v) is 3.37. The van der Waals surface area contributed by atoms with Crippen molar-refractivity contribution in [2.24, 2.45) is 0 Å². The molecule has 1 aromatic heterocycles. The number of hydrogen-bond donors (Lipinski definition) is 1. The minimum absolute atomic E-state index is 0.297. The summed E-state index contributed by atoms with van der Waals surface area (Å²) < 4.78 is 13.2. The van der Waals surface area contributed by atoms with Gasteiger partial charge in [0.2, 0.25) is 5.91 Å². The molecule has 0 bridgehead atoms. The van der Waals surface area contributed by atoms with Gasteiger partial charge in [-0.05, 0) is 61.7 Å². The standard InChI is InChI=1S/C21H19FN2OS/c1-13-7-9-17(11-14(13)2)20-15(3)26-21(24-20)23-19(25)10-8-16-5-4-6-18(22)12-16/h4-12H,1-3H3,(H,23,24,25)/b10-8+. The quantitative estimate of drug-likeness (QED) is 0.617. The van der Waals surface area contributed by atoms with Crippen LogP contribution in [0.5, 0.6) is 0 Å². The molecule has 1 heterocycles. The van der Waals surface area contributed by atoms with Gasteiger partial charge in [0.05, 0.1) is 5.69 Å². The Balaban J connectivity index is 1.74. The van der Waals surface area contributed by atoms with E-state index in [-0.39, 0.29) is 11.7 Å². The molecule has 2 aromatic carbocycles. The first-order valence-corrected chi connectivity index (χ1v) is 9.04.